The fraction of sp³-hybridized carbons (Fsp3) is 0.750. The van der Waals surface area contributed by atoms with E-state index in [9.17, 15) is 4.79 Å². The quantitative estimate of drug-likeness (QED) is 0.879. The van der Waals surface area contributed by atoms with Crippen LogP contribution in [-0.4, -0.2) is 41.5 Å². The summed E-state index contributed by atoms with van der Waals surface area (Å²) in [5, 5.41) is 4.21. The Bertz CT molecular complexity index is 510. The SMILES string of the molecule is CCCc1nc(C)c(C(=O)NC[C@H]2CCN(C3CC3)C2)s1. The summed E-state index contributed by atoms with van der Waals surface area (Å²) < 4.78 is 0. The molecule has 21 heavy (non-hydrogen) atoms. The molecule has 4 nitrogen and oxygen atoms in total. The highest BCUT2D eigenvalue weighted by Gasteiger charge is 2.34. The molecular weight excluding hydrogens is 282 g/mol. The zero-order valence-electron chi connectivity index (χ0n) is 13.0. The minimum absolute atomic E-state index is 0.0669. The zero-order valence-corrected chi connectivity index (χ0v) is 13.8. The van der Waals surface area contributed by atoms with Crippen LogP contribution in [0.1, 0.15) is 53.0 Å². The molecule has 1 amide bonds. The Labute approximate surface area is 130 Å². The summed E-state index contributed by atoms with van der Waals surface area (Å²) in [5.74, 6) is 0.690. The Morgan fingerprint density at radius 1 is 1.43 bits per heavy atom. The summed E-state index contributed by atoms with van der Waals surface area (Å²) in [6.07, 6.45) is 6.02. The molecule has 1 aliphatic heterocycles. The number of likely N-dealkylation sites (tertiary alicyclic amines) is 1. The van der Waals surface area contributed by atoms with Gasteiger partial charge in [0.25, 0.3) is 5.91 Å². The van der Waals surface area contributed by atoms with Crippen LogP contribution in [0.5, 0.6) is 0 Å². The molecule has 2 fully saturated rings. The second kappa shape index (κ2) is 6.44. The molecule has 5 heteroatoms. The summed E-state index contributed by atoms with van der Waals surface area (Å²) in [6, 6.07) is 0.853. The van der Waals surface area contributed by atoms with Gasteiger partial charge in [-0.15, -0.1) is 11.3 Å². The maximum absolute atomic E-state index is 12.3. The van der Waals surface area contributed by atoms with Crippen molar-refractivity contribution in [3.05, 3.63) is 15.6 Å². The molecule has 0 radical (unpaired) electrons. The molecule has 1 aliphatic carbocycles. The average Bonchev–Trinajstić information content (AvgIpc) is 3.09. The first-order valence-electron chi connectivity index (χ1n) is 8.16. The largest absolute Gasteiger partial charge is 0.351 e. The standard InChI is InChI=1S/C16H25N3OS/c1-3-4-14-18-11(2)15(21-14)16(20)17-9-12-7-8-19(10-12)13-5-6-13/h12-13H,3-10H2,1-2H3,(H,17,20)/t12-/m1/s1. The van der Waals surface area contributed by atoms with Gasteiger partial charge < -0.3 is 10.2 Å². The van der Waals surface area contributed by atoms with Gasteiger partial charge in [0.15, 0.2) is 0 Å². The maximum Gasteiger partial charge on any atom is 0.263 e. The van der Waals surface area contributed by atoms with Gasteiger partial charge in [-0.05, 0) is 51.5 Å². The molecule has 0 unspecified atom stereocenters. The topological polar surface area (TPSA) is 45.2 Å². The van der Waals surface area contributed by atoms with Crippen LogP contribution in [0.2, 0.25) is 0 Å². The molecular formula is C16H25N3OS. The fourth-order valence-electron chi connectivity index (χ4n) is 3.10. The summed E-state index contributed by atoms with van der Waals surface area (Å²) in [6.45, 7) is 7.26. The smallest absolute Gasteiger partial charge is 0.263 e. The van der Waals surface area contributed by atoms with Crippen LogP contribution in [0.4, 0.5) is 0 Å². The third-order valence-corrected chi connectivity index (χ3v) is 5.66. The van der Waals surface area contributed by atoms with E-state index in [1.54, 1.807) is 11.3 Å². The molecule has 116 valence electrons. The molecule has 0 spiro atoms. The minimum atomic E-state index is 0.0669. The van der Waals surface area contributed by atoms with E-state index in [0.29, 0.717) is 5.92 Å². The van der Waals surface area contributed by atoms with E-state index in [-0.39, 0.29) is 5.91 Å². The number of nitrogens with zero attached hydrogens (tertiary/aromatic N) is 2. The zero-order chi connectivity index (χ0) is 14.8. The highest BCUT2D eigenvalue weighted by atomic mass is 32.1. The number of carbonyl (C=O) groups is 1. The van der Waals surface area contributed by atoms with Crippen molar-refractivity contribution < 1.29 is 4.79 Å². The molecule has 3 rings (SSSR count). The highest BCUT2D eigenvalue weighted by Crippen LogP contribution is 2.31. The predicted molar refractivity (Wildman–Crippen MR) is 85.9 cm³/mol. The van der Waals surface area contributed by atoms with Gasteiger partial charge in [0.2, 0.25) is 0 Å². The third kappa shape index (κ3) is 3.64. The lowest BCUT2D eigenvalue weighted by Crippen LogP contribution is -2.31. The van der Waals surface area contributed by atoms with Gasteiger partial charge in [-0.1, -0.05) is 6.92 Å². The Hall–Kier alpha value is -0.940. The highest BCUT2D eigenvalue weighted by molar-refractivity contribution is 7.13. The number of carbonyl (C=O) groups excluding carboxylic acids is 1. The van der Waals surface area contributed by atoms with Gasteiger partial charge in [0.1, 0.15) is 4.88 Å². The van der Waals surface area contributed by atoms with Crippen molar-refractivity contribution in [3.63, 3.8) is 0 Å². The lowest BCUT2D eigenvalue weighted by atomic mass is 10.1. The molecule has 1 N–H and O–H groups in total. The number of aryl methyl sites for hydroxylation is 2. The van der Waals surface area contributed by atoms with Gasteiger partial charge in [0.05, 0.1) is 10.7 Å². The number of nitrogens with one attached hydrogen (secondary N) is 1. The Morgan fingerprint density at radius 2 is 2.24 bits per heavy atom. The van der Waals surface area contributed by atoms with Gasteiger partial charge in [0, 0.05) is 19.1 Å². The van der Waals surface area contributed by atoms with E-state index in [2.05, 4.69) is 22.1 Å². The first-order valence-corrected chi connectivity index (χ1v) is 8.97. The van der Waals surface area contributed by atoms with Crippen molar-refractivity contribution >= 4 is 17.2 Å². The number of hydrogen-bond acceptors (Lipinski definition) is 4. The van der Waals surface area contributed by atoms with E-state index < -0.39 is 0 Å². The van der Waals surface area contributed by atoms with Crippen molar-refractivity contribution in [2.24, 2.45) is 5.92 Å². The normalized spacial score (nSPS) is 22.7. The summed E-state index contributed by atoms with van der Waals surface area (Å²) >= 11 is 1.56. The van der Waals surface area contributed by atoms with Gasteiger partial charge in [-0.25, -0.2) is 4.98 Å². The third-order valence-electron chi connectivity index (χ3n) is 4.44. The molecule has 1 aromatic heterocycles. The van der Waals surface area contributed by atoms with E-state index in [4.69, 9.17) is 0 Å². The molecule has 0 aromatic carbocycles. The van der Waals surface area contributed by atoms with Crippen LogP contribution in [0.15, 0.2) is 0 Å². The Balaban J connectivity index is 1.49. The number of rotatable bonds is 6. The number of aromatic nitrogens is 1. The summed E-state index contributed by atoms with van der Waals surface area (Å²) in [5.41, 5.74) is 0.881. The van der Waals surface area contributed by atoms with E-state index in [1.165, 1.54) is 25.8 Å². The van der Waals surface area contributed by atoms with Crippen LogP contribution >= 0.6 is 11.3 Å². The Kier molecular flexibility index (Phi) is 4.60. The van der Waals surface area contributed by atoms with Crippen molar-refractivity contribution in [1.82, 2.24) is 15.2 Å². The molecule has 0 bridgehead atoms. The molecule has 1 saturated carbocycles. The van der Waals surface area contributed by atoms with Crippen molar-refractivity contribution in [2.75, 3.05) is 19.6 Å². The van der Waals surface area contributed by atoms with Crippen molar-refractivity contribution in [2.45, 2.75) is 52.0 Å². The minimum Gasteiger partial charge on any atom is -0.351 e. The number of hydrogen-bond donors (Lipinski definition) is 1. The molecule has 1 saturated heterocycles. The summed E-state index contributed by atoms with van der Waals surface area (Å²) in [4.78, 5) is 20.2. The first kappa shape index (κ1) is 15.0. The first-order chi connectivity index (χ1) is 10.2. The predicted octanol–water partition coefficient (Wildman–Crippen LogP) is 2.62. The average molecular weight is 307 g/mol. The number of amides is 1. The van der Waals surface area contributed by atoms with Crippen LogP contribution < -0.4 is 5.32 Å². The fourth-order valence-corrected chi connectivity index (χ4v) is 4.18. The molecule has 2 aliphatic rings. The van der Waals surface area contributed by atoms with Crippen molar-refractivity contribution in [1.29, 1.82) is 0 Å². The van der Waals surface area contributed by atoms with E-state index in [1.807, 2.05) is 6.92 Å². The van der Waals surface area contributed by atoms with Gasteiger partial charge in [-0.3, -0.25) is 4.79 Å². The Morgan fingerprint density at radius 3 is 2.95 bits per heavy atom. The van der Waals surface area contributed by atoms with Crippen molar-refractivity contribution in [3.8, 4) is 0 Å². The van der Waals surface area contributed by atoms with Crippen LogP contribution in [0, 0.1) is 12.8 Å². The summed E-state index contributed by atoms with van der Waals surface area (Å²) in [7, 11) is 0. The van der Waals surface area contributed by atoms with E-state index in [0.717, 1.165) is 47.6 Å². The van der Waals surface area contributed by atoms with Crippen LogP contribution in [0.25, 0.3) is 0 Å². The van der Waals surface area contributed by atoms with Gasteiger partial charge >= 0.3 is 0 Å². The monoisotopic (exact) mass is 307 g/mol. The number of thiazole rings is 1. The molecule has 2 heterocycles. The lowest BCUT2D eigenvalue weighted by Gasteiger charge is -2.15. The lowest BCUT2D eigenvalue weighted by molar-refractivity contribution is 0.0950. The maximum atomic E-state index is 12.3. The van der Waals surface area contributed by atoms with Crippen LogP contribution in [0.3, 0.4) is 0 Å². The second-order valence-corrected chi connectivity index (χ2v) is 7.45. The molecule has 1 aromatic rings. The van der Waals surface area contributed by atoms with Crippen LogP contribution in [-0.2, 0) is 6.42 Å². The van der Waals surface area contributed by atoms with E-state index >= 15 is 0 Å². The second-order valence-electron chi connectivity index (χ2n) is 6.36. The van der Waals surface area contributed by atoms with Gasteiger partial charge in [-0.2, -0.15) is 0 Å². The molecule has 1 atom stereocenters.